The summed E-state index contributed by atoms with van der Waals surface area (Å²) >= 11 is 0. The van der Waals surface area contributed by atoms with E-state index in [0.717, 1.165) is 19.7 Å². The van der Waals surface area contributed by atoms with E-state index in [1.807, 2.05) is 13.0 Å². The molecule has 2 fully saturated rings. The lowest BCUT2D eigenvalue weighted by atomic mass is 10.1. The van der Waals surface area contributed by atoms with Crippen LogP contribution >= 0.6 is 0 Å². The fraction of sp³-hybridized carbons (Fsp3) is 0.571. The number of hydrogen-bond acceptors (Lipinski definition) is 2. The van der Waals surface area contributed by atoms with Gasteiger partial charge >= 0.3 is 0 Å². The molecule has 2 unspecified atom stereocenters. The highest BCUT2D eigenvalue weighted by molar-refractivity contribution is 5.24. The highest BCUT2D eigenvalue weighted by Gasteiger charge is 2.38. The van der Waals surface area contributed by atoms with Crippen LogP contribution in [0, 0.1) is 0 Å². The van der Waals surface area contributed by atoms with Crippen LogP contribution < -0.4 is 0 Å². The summed E-state index contributed by atoms with van der Waals surface area (Å²) in [6, 6.07) is 0.647. The third kappa shape index (κ3) is 2.45. The van der Waals surface area contributed by atoms with Crippen molar-refractivity contribution in [2.75, 3.05) is 19.7 Å². The molecule has 0 aliphatic carbocycles. The van der Waals surface area contributed by atoms with Gasteiger partial charge in [0.05, 0.1) is 6.10 Å². The normalized spacial score (nSPS) is 31.2. The molecule has 88 valence electrons. The molecule has 0 amide bonds. The van der Waals surface area contributed by atoms with Gasteiger partial charge in [-0.15, -0.1) is 0 Å². The van der Waals surface area contributed by atoms with Gasteiger partial charge in [-0.25, -0.2) is 0 Å². The second kappa shape index (κ2) is 5.46. The van der Waals surface area contributed by atoms with Crippen LogP contribution in [0.25, 0.3) is 0 Å². The summed E-state index contributed by atoms with van der Waals surface area (Å²) in [6.45, 7) is 9.03. The lowest BCUT2D eigenvalue weighted by Crippen LogP contribution is -2.33. The van der Waals surface area contributed by atoms with Gasteiger partial charge in [0.25, 0.3) is 0 Å². The van der Waals surface area contributed by atoms with E-state index in [4.69, 9.17) is 4.74 Å². The van der Waals surface area contributed by atoms with Crippen molar-refractivity contribution >= 4 is 0 Å². The molecule has 2 atom stereocenters. The van der Waals surface area contributed by atoms with Gasteiger partial charge in [0.1, 0.15) is 0 Å². The number of ether oxygens (including phenoxy) is 1. The minimum Gasteiger partial charge on any atom is -0.376 e. The highest BCUT2D eigenvalue weighted by atomic mass is 16.5. The predicted octanol–water partition coefficient (Wildman–Crippen LogP) is 2.54. The number of allylic oxidation sites excluding steroid dienone is 3. The van der Waals surface area contributed by atoms with E-state index in [9.17, 15) is 0 Å². The molecule has 0 bridgehead atoms. The molecule has 2 heteroatoms. The fourth-order valence-electron chi connectivity index (χ4n) is 2.63. The summed E-state index contributed by atoms with van der Waals surface area (Å²) in [4.78, 5) is 2.54. The van der Waals surface area contributed by atoms with Crippen LogP contribution in [0.15, 0.2) is 36.5 Å². The largest absolute Gasteiger partial charge is 0.376 e. The van der Waals surface area contributed by atoms with Crippen molar-refractivity contribution in [3.8, 4) is 0 Å². The Morgan fingerprint density at radius 2 is 2.38 bits per heavy atom. The first-order valence-corrected chi connectivity index (χ1v) is 6.15. The van der Waals surface area contributed by atoms with Crippen LogP contribution in [0.1, 0.15) is 19.8 Å². The van der Waals surface area contributed by atoms with Crippen molar-refractivity contribution in [3.05, 3.63) is 36.5 Å². The molecule has 16 heavy (non-hydrogen) atoms. The van der Waals surface area contributed by atoms with Gasteiger partial charge in [0.15, 0.2) is 0 Å². The van der Waals surface area contributed by atoms with E-state index in [2.05, 4.69) is 29.7 Å². The lowest BCUT2D eigenvalue weighted by molar-refractivity contribution is 0.106. The van der Waals surface area contributed by atoms with Crippen molar-refractivity contribution in [1.29, 1.82) is 0 Å². The number of hydrogen-bond donors (Lipinski definition) is 0. The second-order valence-electron chi connectivity index (χ2n) is 4.50. The third-order valence-electron chi connectivity index (χ3n) is 3.50. The Hall–Kier alpha value is -0.860. The average Bonchev–Trinajstić information content (AvgIpc) is 2.88. The molecule has 2 aliphatic heterocycles. The summed E-state index contributed by atoms with van der Waals surface area (Å²) in [5.74, 6) is 0. The van der Waals surface area contributed by atoms with Crippen molar-refractivity contribution in [2.45, 2.75) is 31.9 Å². The number of fused-ring (bicyclic) bond motifs is 1. The molecule has 2 aliphatic rings. The van der Waals surface area contributed by atoms with Gasteiger partial charge in [0, 0.05) is 25.7 Å². The van der Waals surface area contributed by atoms with Crippen LogP contribution in [-0.2, 0) is 4.74 Å². The van der Waals surface area contributed by atoms with E-state index >= 15 is 0 Å². The van der Waals surface area contributed by atoms with Crippen LogP contribution in [0.4, 0.5) is 0 Å². The predicted molar refractivity (Wildman–Crippen MR) is 67.4 cm³/mol. The molecule has 0 aromatic heterocycles. The number of rotatable bonds is 4. The fourth-order valence-corrected chi connectivity index (χ4v) is 2.63. The Balaban J connectivity index is 1.95. The van der Waals surface area contributed by atoms with Crippen molar-refractivity contribution < 1.29 is 4.74 Å². The van der Waals surface area contributed by atoms with Crippen molar-refractivity contribution in [3.63, 3.8) is 0 Å². The lowest BCUT2D eigenvalue weighted by Gasteiger charge is -2.22. The zero-order valence-electron chi connectivity index (χ0n) is 10.1. The Labute approximate surface area is 98.3 Å². The SMILES string of the molecule is C=C/C(=C\C=C/C)CN1CCC2OCCC21. The Morgan fingerprint density at radius 1 is 1.50 bits per heavy atom. The summed E-state index contributed by atoms with van der Waals surface area (Å²) in [5, 5.41) is 0. The van der Waals surface area contributed by atoms with Gasteiger partial charge in [0.2, 0.25) is 0 Å². The van der Waals surface area contributed by atoms with Crippen molar-refractivity contribution in [1.82, 2.24) is 4.90 Å². The maximum Gasteiger partial charge on any atom is 0.0743 e. The minimum atomic E-state index is 0.493. The molecule has 2 rings (SSSR count). The summed E-state index contributed by atoms with van der Waals surface area (Å²) in [7, 11) is 0. The average molecular weight is 219 g/mol. The van der Waals surface area contributed by atoms with E-state index in [1.165, 1.54) is 18.4 Å². The van der Waals surface area contributed by atoms with E-state index in [1.54, 1.807) is 0 Å². The Kier molecular flexibility index (Phi) is 3.97. The molecule has 2 nitrogen and oxygen atoms in total. The zero-order valence-corrected chi connectivity index (χ0v) is 10.1. The highest BCUT2D eigenvalue weighted by Crippen LogP contribution is 2.29. The van der Waals surface area contributed by atoms with Crippen molar-refractivity contribution in [2.24, 2.45) is 0 Å². The second-order valence-corrected chi connectivity index (χ2v) is 4.50. The van der Waals surface area contributed by atoms with E-state index in [-0.39, 0.29) is 0 Å². The summed E-state index contributed by atoms with van der Waals surface area (Å²) in [6.07, 6.45) is 11.1. The topological polar surface area (TPSA) is 12.5 Å². The first kappa shape index (κ1) is 11.6. The molecule has 0 aromatic rings. The molecule has 0 N–H and O–H groups in total. The Morgan fingerprint density at radius 3 is 3.12 bits per heavy atom. The monoisotopic (exact) mass is 219 g/mol. The van der Waals surface area contributed by atoms with Crippen LogP contribution in [0.5, 0.6) is 0 Å². The number of likely N-dealkylation sites (tertiary alicyclic amines) is 1. The van der Waals surface area contributed by atoms with E-state index < -0.39 is 0 Å². The summed E-state index contributed by atoms with van der Waals surface area (Å²) < 4.78 is 5.70. The molecular weight excluding hydrogens is 198 g/mol. The van der Waals surface area contributed by atoms with Crippen LogP contribution in [0.2, 0.25) is 0 Å². The number of nitrogens with zero attached hydrogens (tertiary/aromatic N) is 1. The first-order chi connectivity index (χ1) is 7.85. The first-order valence-electron chi connectivity index (χ1n) is 6.15. The molecule has 2 heterocycles. The minimum absolute atomic E-state index is 0.493. The summed E-state index contributed by atoms with van der Waals surface area (Å²) in [5.41, 5.74) is 1.30. The third-order valence-corrected chi connectivity index (χ3v) is 3.50. The van der Waals surface area contributed by atoms with Gasteiger partial charge in [-0.3, -0.25) is 4.90 Å². The van der Waals surface area contributed by atoms with Gasteiger partial charge < -0.3 is 4.74 Å². The maximum absolute atomic E-state index is 5.70. The standard InChI is InChI=1S/C14H21NO/c1-3-5-6-12(4-2)11-15-9-7-14-13(15)8-10-16-14/h3-6,13-14H,2,7-11H2,1H3/b5-3-,12-6+. The van der Waals surface area contributed by atoms with Crippen LogP contribution in [0.3, 0.4) is 0 Å². The van der Waals surface area contributed by atoms with E-state index in [0.29, 0.717) is 12.1 Å². The quantitative estimate of drug-likeness (QED) is 0.674. The molecule has 0 spiro atoms. The molecule has 0 aromatic carbocycles. The van der Waals surface area contributed by atoms with Gasteiger partial charge in [-0.1, -0.05) is 30.9 Å². The van der Waals surface area contributed by atoms with Crippen LogP contribution in [-0.4, -0.2) is 36.7 Å². The van der Waals surface area contributed by atoms with Gasteiger partial charge in [-0.2, -0.15) is 0 Å². The smallest absolute Gasteiger partial charge is 0.0743 e. The maximum atomic E-state index is 5.70. The zero-order chi connectivity index (χ0) is 11.4. The molecule has 0 saturated carbocycles. The Bertz CT molecular complexity index is 306. The molecule has 2 saturated heterocycles. The molecule has 0 radical (unpaired) electrons. The molecular formula is C14H21NO. The van der Waals surface area contributed by atoms with Gasteiger partial charge in [-0.05, 0) is 25.3 Å².